The smallest absolute Gasteiger partial charge is 0.253 e. The van der Waals surface area contributed by atoms with E-state index in [0.717, 1.165) is 17.9 Å². The first-order chi connectivity index (χ1) is 14.3. The van der Waals surface area contributed by atoms with Crippen LogP contribution in [0.3, 0.4) is 0 Å². The predicted octanol–water partition coefficient (Wildman–Crippen LogP) is 4.33. The number of rotatable bonds is 8. The number of aliphatic imine (C=N–C) groups is 1. The lowest BCUT2D eigenvalue weighted by Gasteiger charge is -2.18. The molecule has 0 saturated carbocycles. The minimum Gasteiger partial charge on any atom is -0.443 e. The summed E-state index contributed by atoms with van der Waals surface area (Å²) in [5.41, 5.74) is 1.67. The molecule has 1 aromatic carbocycles. The van der Waals surface area contributed by atoms with Crippen LogP contribution in [0.25, 0.3) is 0 Å². The second kappa shape index (κ2) is 12.7. The number of nitrogens with zero attached hydrogens (tertiary/aromatic N) is 3. The number of halogens is 1. The number of hydrogen-bond donors (Lipinski definition) is 2. The molecule has 0 radical (unpaired) electrons. The van der Waals surface area contributed by atoms with Gasteiger partial charge in [-0.1, -0.05) is 32.9 Å². The number of carbonyl (C=O) groups excluding carboxylic acids is 1. The summed E-state index contributed by atoms with van der Waals surface area (Å²) in [6.45, 7) is 15.4. The summed E-state index contributed by atoms with van der Waals surface area (Å²) in [4.78, 5) is 23.2. The Morgan fingerprint density at radius 3 is 2.26 bits per heavy atom. The molecule has 7 nitrogen and oxygen atoms in total. The topological polar surface area (TPSA) is 82.8 Å². The van der Waals surface area contributed by atoms with Crippen molar-refractivity contribution in [2.45, 2.75) is 60.0 Å². The molecule has 0 fully saturated rings. The van der Waals surface area contributed by atoms with Crippen molar-refractivity contribution in [1.82, 2.24) is 20.5 Å². The third kappa shape index (κ3) is 8.16. The van der Waals surface area contributed by atoms with Crippen LogP contribution in [0.2, 0.25) is 0 Å². The summed E-state index contributed by atoms with van der Waals surface area (Å²) < 4.78 is 5.82. The lowest BCUT2D eigenvalue weighted by atomic mass is 9.94. The van der Waals surface area contributed by atoms with Crippen molar-refractivity contribution in [2.75, 3.05) is 19.6 Å². The van der Waals surface area contributed by atoms with Crippen LogP contribution in [0, 0.1) is 0 Å². The Balaban J connectivity index is 0.00000480. The quantitative estimate of drug-likeness (QED) is 0.296. The largest absolute Gasteiger partial charge is 0.443 e. The molecule has 1 heterocycles. The Morgan fingerprint density at radius 2 is 1.74 bits per heavy atom. The van der Waals surface area contributed by atoms with Crippen LogP contribution in [0.15, 0.2) is 39.9 Å². The van der Waals surface area contributed by atoms with Gasteiger partial charge in [0.1, 0.15) is 5.76 Å². The van der Waals surface area contributed by atoms with Gasteiger partial charge in [-0.05, 0) is 38.5 Å². The van der Waals surface area contributed by atoms with E-state index in [2.05, 4.69) is 41.4 Å². The summed E-state index contributed by atoms with van der Waals surface area (Å²) in [6, 6.07) is 7.64. The molecule has 2 aromatic rings. The van der Waals surface area contributed by atoms with E-state index in [9.17, 15) is 4.79 Å². The summed E-state index contributed by atoms with van der Waals surface area (Å²) >= 11 is 0. The van der Waals surface area contributed by atoms with E-state index < -0.39 is 0 Å². The minimum absolute atomic E-state index is 0. The van der Waals surface area contributed by atoms with Crippen LogP contribution in [0.4, 0.5) is 0 Å². The van der Waals surface area contributed by atoms with E-state index in [1.165, 1.54) is 0 Å². The third-order valence-corrected chi connectivity index (χ3v) is 4.72. The van der Waals surface area contributed by atoms with Crippen LogP contribution in [0.1, 0.15) is 69.1 Å². The van der Waals surface area contributed by atoms with Gasteiger partial charge in [0.15, 0.2) is 5.96 Å². The maximum Gasteiger partial charge on any atom is 0.253 e. The zero-order valence-corrected chi connectivity index (χ0v) is 21.8. The summed E-state index contributed by atoms with van der Waals surface area (Å²) in [5.74, 6) is 2.24. The fourth-order valence-electron chi connectivity index (χ4n) is 2.86. The number of carbonyl (C=O) groups is 1. The molecule has 1 amide bonds. The van der Waals surface area contributed by atoms with Gasteiger partial charge in [0.2, 0.25) is 5.89 Å². The number of guanidine groups is 1. The molecule has 0 unspecified atom stereocenters. The van der Waals surface area contributed by atoms with Gasteiger partial charge in [0, 0.05) is 30.6 Å². The van der Waals surface area contributed by atoms with Gasteiger partial charge in [-0.2, -0.15) is 0 Å². The molecule has 0 aliphatic carbocycles. The Labute approximate surface area is 203 Å². The molecular formula is C23H36IN5O2. The van der Waals surface area contributed by atoms with E-state index in [-0.39, 0.29) is 35.3 Å². The Hall–Kier alpha value is -2.10. The second-order valence-corrected chi connectivity index (χ2v) is 8.09. The molecule has 8 heteroatoms. The van der Waals surface area contributed by atoms with Crippen molar-refractivity contribution in [3.05, 3.63) is 53.2 Å². The summed E-state index contributed by atoms with van der Waals surface area (Å²) in [5, 5.41) is 6.48. The van der Waals surface area contributed by atoms with Gasteiger partial charge < -0.3 is 20.0 Å². The molecule has 0 aliphatic rings. The first kappa shape index (κ1) is 26.9. The number of benzene rings is 1. The molecule has 0 atom stereocenters. The van der Waals surface area contributed by atoms with Crippen molar-refractivity contribution < 1.29 is 9.21 Å². The standard InChI is InChI=1S/C23H35N5O2.HI/c1-7-24-22(27-16-20-25-15-19(30-20)23(4,5)6)26-14-17-10-12-18(13-11-17)21(29)28(8-2)9-3;/h10-13,15H,7-9,14,16H2,1-6H3,(H2,24,26,27);1H. The monoisotopic (exact) mass is 541 g/mol. The molecule has 31 heavy (non-hydrogen) atoms. The average molecular weight is 541 g/mol. The molecule has 2 N–H and O–H groups in total. The average Bonchev–Trinajstić information content (AvgIpc) is 3.21. The van der Waals surface area contributed by atoms with Crippen molar-refractivity contribution in [3.8, 4) is 0 Å². The van der Waals surface area contributed by atoms with Gasteiger partial charge in [0.25, 0.3) is 5.91 Å². The van der Waals surface area contributed by atoms with Crippen LogP contribution < -0.4 is 10.6 Å². The fraction of sp³-hybridized carbons (Fsp3) is 0.522. The lowest BCUT2D eigenvalue weighted by molar-refractivity contribution is 0.0773. The minimum atomic E-state index is -0.0668. The molecule has 172 valence electrons. The van der Waals surface area contributed by atoms with Gasteiger partial charge in [-0.3, -0.25) is 4.79 Å². The zero-order chi connectivity index (χ0) is 22.1. The summed E-state index contributed by atoms with van der Waals surface area (Å²) in [7, 11) is 0. The van der Waals surface area contributed by atoms with Crippen LogP contribution in [-0.2, 0) is 18.5 Å². The van der Waals surface area contributed by atoms with E-state index in [4.69, 9.17) is 4.42 Å². The Bertz CT molecular complexity index is 836. The SMILES string of the molecule is CCNC(=NCc1ccc(C(=O)N(CC)CC)cc1)NCc1ncc(C(C)(C)C)o1.I. The van der Waals surface area contributed by atoms with Crippen LogP contribution >= 0.6 is 24.0 Å². The van der Waals surface area contributed by atoms with E-state index in [1.807, 2.05) is 49.9 Å². The van der Waals surface area contributed by atoms with Crippen molar-refractivity contribution >= 4 is 35.8 Å². The molecule has 2 rings (SSSR count). The van der Waals surface area contributed by atoms with Gasteiger partial charge in [0.05, 0.1) is 19.3 Å². The molecule has 0 saturated heterocycles. The van der Waals surface area contributed by atoms with Crippen molar-refractivity contribution in [1.29, 1.82) is 0 Å². The van der Waals surface area contributed by atoms with E-state index in [1.54, 1.807) is 6.20 Å². The number of amides is 1. The first-order valence-electron chi connectivity index (χ1n) is 10.6. The highest BCUT2D eigenvalue weighted by Crippen LogP contribution is 2.22. The number of oxazole rings is 1. The maximum atomic E-state index is 12.4. The normalized spacial score (nSPS) is 11.6. The first-order valence-corrected chi connectivity index (χ1v) is 10.6. The number of nitrogens with one attached hydrogen (secondary N) is 2. The third-order valence-electron chi connectivity index (χ3n) is 4.72. The van der Waals surface area contributed by atoms with Gasteiger partial charge >= 0.3 is 0 Å². The molecular weight excluding hydrogens is 505 g/mol. The van der Waals surface area contributed by atoms with Crippen molar-refractivity contribution in [2.24, 2.45) is 4.99 Å². The summed E-state index contributed by atoms with van der Waals surface area (Å²) in [6.07, 6.45) is 1.78. The van der Waals surface area contributed by atoms with Crippen LogP contribution in [-0.4, -0.2) is 41.4 Å². The second-order valence-electron chi connectivity index (χ2n) is 8.09. The molecule has 0 spiro atoms. The lowest BCUT2D eigenvalue weighted by Crippen LogP contribution is -2.36. The van der Waals surface area contributed by atoms with E-state index in [0.29, 0.717) is 43.6 Å². The van der Waals surface area contributed by atoms with Gasteiger partial charge in [-0.15, -0.1) is 24.0 Å². The Morgan fingerprint density at radius 1 is 1.10 bits per heavy atom. The number of hydrogen-bond acceptors (Lipinski definition) is 4. The Kier molecular flexibility index (Phi) is 11.0. The highest BCUT2D eigenvalue weighted by molar-refractivity contribution is 14.0. The molecule has 0 aliphatic heterocycles. The fourth-order valence-corrected chi connectivity index (χ4v) is 2.86. The van der Waals surface area contributed by atoms with E-state index >= 15 is 0 Å². The zero-order valence-electron chi connectivity index (χ0n) is 19.5. The molecule has 1 aromatic heterocycles. The molecule has 0 bridgehead atoms. The van der Waals surface area contributed by atoms with Crippen molar-refractivity contribution in [3.63, 3.8) is 0 Å². The number of aromatic nitrogens is 1. The predicted molar refractivity (Wildman–Crippen MR) is 136 cm³/mol. The maximum absolute atomic E-state index is 12.4. The van der Waals surface area contributed by atoms with Crippen LogP contribution in [0.5, 0.6) is 0 Å². The highest BCUT2D eigenvalue weighted by Gasteiger charge is 2.19. The van der Waals surface area contributed by atoms with Gasteiger partial charge in [-0.25, -0.2) is 9.98 Å². The highest BCUT2D eigenvalue weighted by atomic mass is 127.